The van der Waals surface area contributed by atoms with E-state index < -0.39 is 5.97 Å². The summed E-state index contributed by atoms with van der Waals surface area (Å²) in [7, 11) is 1.84. The Morgan fingerprint density at radius 3 is 2.92 bits per heavy atom. The summed E-state index contributed by atoms with van der Waals surface area (Å²) < 4.78 is 4.40. The standard InChI is InChI=1S/C6H6ClN2O2PS/c1-13-6-8-2-3(4(7)9-6)5(10)11-12/h2H,12H2,1H3. The molecule has 0 spiro atoms. The number of nitrogens with zero attached hydrogens (tertiary/aromatic N) is 2. The van der Waals surface area contributed by atoms with Gasteiger partial charge >= 0.3 is 5.97 Å². The highest BCUT2D eigenvalue weighted by atomic mass is 35.5. The maximum Gasteiger partial charge on any atom is 0.345 e. The summed E-state index contributed by atoms with van der Waals surface area (Å²) in [4.78, 5) is 18.8. The first kappa shape index (κ1) is 10.7. The van der Waals surface area contributed by atoms with E-state index in [1.54, 1.807) is 0 Å². The number of halogens is 1. The smallest absolute Gasteiger partial charge is 0.345 e. The zero-order chi connectivity index (χ0) is 9.84. The third-order valence-electron chi connectivity index (χ3n) is 1.23. The van der Waals surface area contributed by atoms with E-state index in [1.165, 1.54) is 18.0 Å². The highest BCUT2D eigenvalue weighted by Gasteiger charge is 2.12. The summed E-state index contributed by atoms with van der Waals surface area (Å²) in [5.74, 6) is -0.567. The Morgan fingerprint density at radius 1 is 1.77 bits per heavy atom. The lowest BCUT2D eigenvalue weighted by atomic mass is 10.3. The Kier molecular flexibility index (Phi) is 3.90. The van der Waals surface area contributed by atoms with Crippen LogP contribution >= 0.6 is 32.8 Å². The highest BCUT2D eigenvalue weighted by Crippen LogP contribution is 2.17. The van der Waals surface area contributed by atoms with Gasteiger partial charge in [-0.15, -0.1) is 0 Å². The molecule has 0 fully saturated rings. The highest BCUT2D eigenvalue weighted by molar-refractivity contribution is 7.98. The Bertz CT molecular complexity index is 336. The first-order chi connectivity index (χ1) is 6.19. The minimum atomic E-state index is -0.567. The second-order valence-corrected chi connectivity index (χ2v) is 3.33. The first-order valence-corrected chi connectivity index (χ1v) is 5.24. The van der Waals surface area contributed by atoms with Gasteiger partial charge in [-0.2, -0.15) is 0 Å². The van der Waals surface area contributed by atoms with Crippen molar-refractivity contribution in [2.45, 2.75) is 5.16 Å². The summed E-state index contributed by atoms with van der Waals surface area (Å²) in [5.41, 5.74) is 0.162. The van der Waals surface area contributed by atoms with E-state index in [4.69, 9.17) is 11.6 Å². The van der Waals surface area contributed by atoms with Crippen LogP contribution in [0.1, 0.15) is 10.4 Å². The van der Waals surface area contributed by atoms with E-state index in [2.05, 4.69) is 14.5 Å². The monoisotopic (exact) mass is 236 g/mol. The van der Waals surface area contributed by atoms with Crippen molar-refractivity contribution in [3.63, 3.8) is 0 Å². The Balaban J connectivity index is 3.05. The lowest BCUT2D eigenvalue weighted by Crippen LogP contribution is -2.02. The molecule has 0 aliphatic rings. The second-order valence-electron chi connectivity index (χ2n) is 1.97. The van der Waals surface area contributed by atoms with Gasteiger partial charge in [0.2, 0.25) is 0 Å². The van der Waals surface area contributed by atoms with Crippen LogP contribution in [0.25, 0.3) is 0 Å². The van der Waals surface area contributed by atoms with Gasteiger partial charge in [-0.3, -0.25) is 0 Å². The SMILES string of the molecule is CSc1ncc(C(=O)OP)c(Cl)n1. The third kappa shape index (κ3) is 2.53. The quantitative estimate of drug-likeness (QED) is 0.339. The number of carbonyl (C=O) groups is 1. The van der Waals surface area contributed by atoms with Crippen LogP contribution in [0.2, 0.25) is 5.15 Å². The van der Waals surface area contributed by atoms with Gasteiger partial charge in [0, 0.05) is 6.20 Å². The van der Waals surface area contributed by atoms with Gasteiger partial charge < -0.3 is 4.52 Å². The van der Waals surface area contributed by atoms with Crippen LogP contribution in [0, 0.1) is 0 Å². The molecule has 4 nitrogen and oxygen atoms in total. The molecule has 1 aromatic heterocycles. The van der Waals surface area contributed by atoms with Crippen molar-refractivity contribution >= 4 is 38.8 Å². The molecule has 0 aromatic carbocycles. The van der Waals surface area contributed by atoms with Gasteiger partial charge in [0.25, 0.3) is 0 Å². The van der Waals surface area contributed by atoms with Gasteiger partial charge in [-0.05, 0) is 6.26 Å². The predicted octanol–water partition coefficient (Wildman–Crippen LogP) is 1.80. The first-order valence-electron chi connectivity index (χ1n) is 3.16. The number of rotatable bonds is 2. The summed E-state index contributed by atoms with van der Waals surface area (Å²) in [6.45, 7) is 0. The second kappa shape index (κ2) is 4.74. The van der Waals surface area contributed by atoms with Gasteiger partial charge in [0.05, 0.1) is 9.47 Å². The molecule has 13 heavy (non-hydrogen) atoms. The molecular formula is C6H6ClN2O2PS. The molecule has 1 heterocycles. The topological polar surface area (TPSA) is 52.1 Å². The number of hydrogen-bond acceptors (Lipinski definition) is 5. The fourth-order valence-electron chi connectivity index (χ4n) is 0.645. The molecule has 7 heteroatoms. The van der Waals surface area contributed by atoms with Crippen LogP contribution in [-0.2, 0) is 4.52 Å². The largest absolute Gasteiger partial charge is 0.448 e. The van der Waals surface area contributed by atoms with Gasteiger partial charge in [-0.1, -0.05) is 23.4 Å². The van der Waals surface area contributed by atoms with Crippen molar-refractivity contribution in [1.29, 1.82) is 0 Å². The Labute approximate surface area is 86.7 Å². The average Bonchev–Trinajstić information content (AvgIpc) is 2.16. The zero-order valence-electron chi connectivity index (χ0n) is 6.65. The maximum atomic E-state index is 11.0. The van der Waals surface area contributed by atoms with Crippen LogP contribution in [-0.4, -0.2) is 22.2 Å². The van der Waals surface area contributed by atoms with Gasteiger partial charge in [-0.25, -0.2) is 14.8 Å². The lowest BCUT2D eigenvalue weighted by Gasteiger charge is -2.01. The number of hydrogen-bond donors (Lipinski definition) is 0. The summed E-state index contributed by atoms with van der Waals surface area (Å²) >= 11 is 7.05. The third-order valence-corrected chi connectivity index (χ3v) is 2.29. The summed E-state index contributed by atoms with van der Waals surface area (Å²) in [5, 5.41) is 0.622. The molecule has 0 radical (unpaired) electrons. The molecular weight excluding hydrogens is 231 g/mol. The zero-order valence-corrected chi connectivity index (χ0v) is 9.38. The molecule has 1 rings (SSSR count). The number of aromatic nitrogens is 2. The normalized spacial score (nSPS) is 9.77. The van der Waals surface area contributed by atoms with Crippen molar-refractivity contribution in [2.75, 3.05) is 6.26 Å². The van der Waals surface area contributed by atoms with Gasteiger partial charge in [0.1, 0.15) is 10.7 Å². The molecule has 0 saturated heterocycles. The van der Waals surface area contributed by atoms with Crippen LogP contribution in [0.5, 0.6) is 0 Å². The lowest BCUT2D eigenvalue weighted by molar-refractivity contribution is 0.0764. The Hall–Kier alpha value is -0.380. The fourth-order valence-corrected chi connectivity index (χ4v) is 1.37. The maximum absolute atomic E-state index is 11.0. The van der Waals surface area contributed by atoms with Crippen molar-refractivity contribution in [1.82, 2.24) is 9.97 Å². The number of carbonyl (C=O) groups excluding carboxylic acids is 1. The number of thioether (sulfide) groups is 1. The van der Waals surface area contributed by atoms with Crippen molar-refractivity contribution in [2.24, 2.45) is 0 Å². The van der Waals surface area contributed by atoms with Crippen molar-refractivity contribution in [3.05, 3.63) is 16.9 Å². The van der Waals surface area contributed by atoms with E-state index in [-0.39, 0.29) is 10.7 Å². The van der Waals surface area contributed by atoms with Crippen LogP contribution in [0.15, 0.2) is 11.4 Å². The molecule has 0 saturated carbocycles. The van der Waals surface area contributed by atoms with Crippen molar-refractivity contribution in [3.8, 4) is 0 Å². The Morgan fingerprint density at radius 2 is 2.46 bits per heavy atom. The molecule has 1 atom stereocenters. The van der Waals surface area contributed by atoms with Crippen LogP contribution in [0.4, 0.5) is 0 Å². The van der Waals surface area contributed by atoms with Crippen LogP contribution < -0.4 is 0 Å². The molecule has 0 bridgehead atoms. The molecule has 70 valence electrons. The van der Waals surface area contributed by atoms with Crippen molar-refractivity contribution < 1.29 is 9.32 Å². The van der Waals surface area contributed by atoms with Crippen LogP contribution in [0.3, 0.4) is 0 Å². The molecule has 0 amide bonds. The molecule has 0 aliphatic carbocycles. The van der Waals surface area contributed by atoms with E-state index in [0.717, 1.165) is 0 Å². The van der Waals surface area contributed by atoms with E-state index >= 15 is 0 Å². The predicted molar refractivity (Wildman–Crippen MR) is 53.9 cm³/mol. The van der Waals surface area contributed by atoms with E-state index in [9.17, 15) is 4.79 Å². The molecule has 0 aliphatic heterocycles. The minimum Gasteiger partial charge on any atom is -0.448 e. The fraction of sp³-hybridized carbons (Fsp3) is 0.167. The summed E-state index contributed by atoms with van der Waals surface area (Å²) in [6, 6.07) is 0. The van der Waals surface area contributed by atoms with E-state index in [1.807, 2.05) is 15.7 Å². The summed E-state index contributed by atoms with van der Waals surface area (Å²) in [6.07, 6.45) is 3.16. The molecule has 1 unspecified atom stereocenters. The average molecular weight is 237 g/mol. The minimum absolute atomic E-state index is 0.104. The van der Waals surface area contributed by atoms with E-state index in [0.29, 0.717) is 5.16 Å². The van der Waals surface area contributed by atoms with Gasteiger partial charge in [0.15, 0.2) is 5.16 Å². The molecule has 1 aromatic rings. The molecule has 0 N–H and O–H groups in total.